The average Bonchev–Trinajstić information content (AvgIpc) is 2.71. The van der Waals surface area contributed by atoms with Crippen molar-refractivity contribution in [2.75, 3.05) is 0 Å². The summed E-state index contributed by atoms with van der Waals surface area (Å²) in [5.41, 5.74) is 10.0. The van der Waals surface area contributed by atoms with Gasteiger partial charge in [-0.2, -0.15) is 0 Å². The van der Waals surface area contributed by atoms with E-state index in [1.54, 1.807) is 6.26 Å². The molecule has 0 radical (unpaired) electrons. The fraction of sp³-hybridized carbons (Fsp3) is 0.231. The van der Waals surface area contributed by atoms with Gasteiger partial charge in [-0.3, -0.25) is 0 Å². The number of hydrogen-bond donors (Lipinski definition) is 1. The zero-order valence-corrected chi connectivity index (χ0v) is 10.1. The largest absolute Gasteiger partial charge is 0.467 e. The Bertz CT molecular complexity index is 517. The van der Waals surface area contributed by atoms with Gasteiger partial charge < -0.3 is 10.2 Å². The molecule has 0 unspecified atom stereocenters. The zero-order valence-electron chi connectivity index (χ0n) is 9.38. The lowest BCUT2D eigenvalue weighted by Crippen LogP contribution is -1.97. The van der Waals surface area contributed by atoms with Crippen LogP contribution in [0, 0.1) is 13.8 Å². The van der Waals surface area contributed by atoms with E-state index in [2.05, 4.69) is 6.07 Å². The molecule has 0 fully saturated rings. The van der Waals surface area contributed by atoms with Gasteiger partial charge in [0.1, 0.15) is 5.76 Å². The van der Waals surface area contributed by atoms with Gasteiger partial charge in [0.05, 0.1) is 12.8 Å². The van der Waals surface area contributed by atoms with Gasteiger partial charge in [-0.15, -0.1) is 0 Å². The molecule has 1 aromatic heterocycles. The second-order valence-electron chi connectivity index (χ2n) is 3.88. The molecule has 0 aliphatic rings. The Morgan fingerprint density at radius 1 is 1.19 bits per heavy atom. The molecule has 0 bridgehead atoms. The van der Waals surface area contributed by atoms with Crippen molar-refractivity contribution in [2.24, 2.45) is 5.73 Å². The number of hydrogen-bond acceptors (Lipinski definition) is 2. The van der Waals surface area contributed by atoms with Crippen molar-refractivity contribution < 1.29 is 4.42 Å². The number of benzene rings is 1. The maximum Gasteiger partial charge on any atom is 0.125 e. The molecule has 0 saturated carbocycles. The Labute approximate surface area is 100 Å². The maximum atomic E-state index is 6.07. The first kappa shape index (κ1) is 11.2. The van der Waals surface area contributed by atoms with Crippen LogP contribution in [0.2, 0.25) is 5.02 Å². The molecule has 0 saturated heterocycles. The van der Waals surface area contributed by atoms with Crippen LogP contribution in [0.4, 0.5) is 0 Å². The fourth-order valence-electron chi connectivity index (χ4n) is 1.81. The van der Waals surface area contributed by atoms with Gasteiger partial charge in [-0.1, -0.05) is 11.6 Å². The van der Waals surface area contributed by atoms with Crippen LogP contribution >= 0.6 is 11.6 Å². The van der Waals surface area contributed by atoms with Crippen LogP contribution in [0.3, 0.4) is 0 Å². The van der Waals surface area contributed by atoms with Gasteiger partial charge in [-0.05, 0) is 48.7 Å². The third-order valence-corrected chi connectivity index (χ3v) is 3.13. The van der Waals surface area contributed by atoms with E-state index in [1.165, 1.54) is 0 Å². The number of furan rings is 1. The smallest absolute Gasteiger partial charge is 0.125 e. The Balaban J connectivity index is 2.60. The normalized spacial score (nSPS) is 10.8. The molecule has 2 rings (SSSR count). The van der Waals surface area contributed by atoms with E-state index in [-0.39, 0.29) is 0 Å². The molecule has 0 atom stereocenters. The highest BCUT2D eigenvalue weighted by Gasteiger charge is 2.11. The highest BCUT2D eigenvalue weighted by Crippen LogP contribution is 2.31. The average molecular weight is 236 g/mol. The summed E-state index contributed by atoms with van der Waals surface area (Å²) < 4.78 is 5.34. The Morgan fingerprint density at radius 2 is 1.94 bits per heavy atom. The van der Waals surface area contributed by atoms with Gasteiger partial charge in [0.25, 0.3) is 0 Å². The first-order valence-electron chi connectivity index (χ1n) is 5.17. The first-order valence-corrected chi connectivity index (χ1v) is 5.55. The standard InChI is InChI=1S/C13H14ClNO/c1-8-6-12(14)9(2)5-11(8)10-3-4-16-13(10)7-15/h3-6H,7,15H2,1-2H3. The van der Waals surface area contributed by atoms with Crippen molar-refractivity contribution in [3.63, 3.8) is 0 Å². The number of halogens is 1. The molecule has 84 valence electrons. The van der Waals surface area contributed by atoms with E-state index >= 15 is 0 Å². The summed E-state index contributed by atoms with van der Waals surface area (Å²) in [6, 6.07) is 5.99. The Morgan fingerprint density at radius 3 is 2.62 bits per heavy atom. The first-order chi connectivity index (χ1) is 7.63. The van der Waals surface area contributed by atoms with E-state index in [4.69, 9.17) is 21.8 Å². The second-order valence-corrected chi connectivity index (χ2v) is 4.29. The Kier molecular flexibility index (Phi) is 3.03. The molecule has 1 aromatic carbocycles. The minimum Gasteiger partial charge on any atom is -0.467 e. The lowest BCUT2D eigenvalue weighted by molar-refractivity contribution is 0.513. The molecule has 0 aliphatic heterocycles. The summed E-state index contributed by atoms with van der Waals surface area (Å²) in [7, 11) is 0. The highest BCUT2D eigenvalue weighted by atomic mass is 35.5. The predicted octanol–water partition coefficient (Wildman–Crippen LogP) is 3.68. The third kappa shape index (κ3) is 1.86. The monoisotopic (exact) mass is 235 g/mol. The van der Waals surface area contributed by atoms with Crippen LogP contribution < -0.4 is 5.73 Å². The van der Waals surface area contributed by atoms with E-state index < -0.39 is 0 Å². The molecule has 0 aliphatic carbocycles. The van der Waals surface area contributed by atoms with E-state index in [0.717, 1.165) is 33.0 Å². The van der Waals surface area contributed by atoms with Crippen LogP contribution in [0.1, 0.15) is 16.9 Å². The van der Waals surface area contributed by atoms with Crippen LogP contribution in [0.15, 0.2) is 28.9 Å². The molecule has 1 heterocycles. The van der Waals surface area contributed by atoms with E-state index in [1.807, 2.05) is 26.0 Å². The molecule has 0 amide bonds. The number of rotatable bonds is 2. The Hall–Kier alpha value is -1.25. The van der Waals surface area contributed by atoms with Gasteiger partial charge in [0.2, 0.25) is 0 Å². The number of nitrogens with two attached hydrogens (primary N) is 1. The maximum absolute atomic E-state index is 6.07. The van der Waals surface area contributed by atoms with Crippen LogP contribution in [-0.2, 0) is 6.54 Å². The summed E-state index contributed by atoms with van der Waals surface area (Å²) in [5, 5.41) is 0.791. The van der Waals surface area contributed by atoms with Crippen LogP contribution in [0.25, 0.3) is 11.1 Å². The summed E-state index contributed by atoms with van der Waals surface area (Å²) in [4.78, 5) is 0. The van der Waals surface area contributed by atoms with Crippen molar-refractivity contribution in [1.29, 1.82) is 0 Å². The quantitative estimate of drug-likeness (QED) is 0.863. The lowest BCUT2D eigenvalue weighted by atomic mass is 9.99. The van der Waals surface area contributed by atoms with Crippen molar-refractivity contribution in [1.82, 2.24) is 0 Å². The second kappa shape index (κ2) is 4.32. The van der Waals surface area contributed by atoms with Gasteiger partial charge in [-0.25, -0.2) is 0 Å². The lowest BCUT2D eigenvalue weighted by Gasteiger charge is -2.08. The van der Waals surface area contributed by atoms with Gasteiger partial charge in [0, 0.05) is 10.6 Å². The predicted molar refractivity (Wildman–Crippen MR) is 66.5 cm³/mol. The van der Waals surface area contributed by atoms with Gasteiger partial charge >= 0.3 is 0 Å². The van der Waals surface area contributed by atoms with Crippen molar-refractivity contribution >= 4 is 11.6 Å². The van der Waals surface area contributed by atoms with Crippen LogP contribution in [0.5, 0.6) is 0 Å². The van der Waals surface area contributed by atoms with Gasteiger partial charge in [0.15, 0.2) is 0 Å². The summed E-state index contributed by atoms with van der Waals surface area (Å²) in [5.74, 6) is 0.810. The SMILES string of the molecule is Cc1cc(-c2ccoc2CN)c(C)cc1Cl. The third-order valence-electron chi connectivity index (χ3n) is 2.73. The van der Waals surface area contributed by atoms with Crippen molar-refractivity contribution in [3.05, 3.63) is 46.4 Å². The minimum atomic E-state index is 0.406. The summed E-state index contributed by atoms with van der Waals surface area (Å²) >= 11 is 6.07. The molecular weight excluding hydrogens is 222 g/mol. The minimum absolute atomic E-state index is 0.406. The van der Waals surface area contributed by atoms with E-state index in [0.29, 0.717) is 6.54 Å². The summed E-state index contributed by atoms with van der Waals surface area (Å²) in [6.45, 7) is 4.44. The molecular formula is C13H14ClNO. The fourth-order valence-corrected chi connectivity index (χ4v) is 2.03. The molecule has 2 nitrogen and oxygen atoms in total. The zero-order chi connectivity index (χ0) is 11.7. The number of aryl methyl sites for hydroxylation is 2. The van der Waals surface area contributed by atoms with E-state index in [9.17, 15) is 0 Å². The molecule has 16 heavy (non-hydrogen) atoms. The molecule has 2 aromatic rings. The van der Waals surface area contributed by atoms with Crippen molar-refractivity contribution in [2.45, 2.75) is 20.4 Å². The van der Waals surface area contributed by atoms with Crippen LogP contribution in [-0.4, -0.2) is 0 Å². The highest BCUT2D eigenvalue weighted by molar-refractivity contribution is 6.31. The molecule has 0 spiro atoms. The topological polar surface area (TPSA) is 39.2 Å². The molecule has 3 heteroatoms. The summed E-state index contributed by atoms with van der Waals surface area (Å²) in [6.07, 6.45) is 1.67. The molecule has 2 N–H and O–H groups in total. The van der Waals surface area contributed by atoms with Crippen molar-refractivity contribution in [3.8, 4) is 11.1 Å².